The maximum absolute atomic E-state index is 13.0. The van der Waals surface area contributed by atoms with E-state index in [0.29, 0.717) is 18.9 Å². The Balaban J connectivity index is 2.01. The summed E-state index contributed by atoms with van der Waals surface area (Å²) < 4.78 is 24.0. The Morgan fingerprint density at radius 1 is 1.33 bits per heavy atom. The summed E-state index contributed by atoms with van der Waals surface area (Å²) in [5.41, 5.74) is 0.976. The van der Waals surface area contributed by atoms with Crippen molar-refractivity contribution in [2.75, 3.05) is 7.05 Å². The first-order valence-electron chi connectivity index (χ1n) is 5.80. The largest absolute Gasteiger partial charge is 0.489 e. The molecule has 0 atom stereocenters. The van der Waals surface area contributed by atoms with E-state index in [9.17, 15) is 4.39 Å². The van der Waals surface area contributed by atoms with E-state index in [-0.39, 0.29) is 5.82 Å². The molecule has 0 aliphatic rings. The molecule has 1 aromatic carbocycles. The minimum atomic E-state index is -0.299. The maximum atomic E-state index is 13.0. The highest BCUT2D eigenvalue weighted by Gasteiger charge is 2.07. The lowest BCUT2D eigenvalue weighted by molar-refractivity contribution is 0.301. The first kappa shape index (κ1) is 12.6. The van der Waals surface area contributed by atoms with Gasteiger partial charge in [-0.25, -0.2) is 4.39 Å². The molecular weight excluding hydrogens is 233 g/mol. The number of benzene rings is 1. The molecule has 2 rings (SSSR count). The van der Waals surface area contributed by atoms with E-state index < -0.39 is 0 Å². The van der Waals surface area contributed by atoms with Crippen molar-refractivity contribution in [1.29, 1.82) is 0 Å². The Bertz CT molecular complexity index is 522. The number of hydrogen-bond donors (Lipinski definition) is 1. The molecule has 3 nitrogen and oxygen atoms in total. The van der Waals surface area contributed by atoms with Crippen LogP contribution in [0.1, 0.15) is 17.1 Å². The Morgan fingerprint density at radius 3 is 2.89 bits per heavy atom. The van der Waals surface area contributed by atoms with Crippen LogP contribution in [0.3, 0.4) is 0 Å². The lowest BCUT2D eigenvalue weighted by atomic mass is 10.2. The molecule has 0 amide bonds. The molecule has 0 bridgehead atoms. The first-order chi connectivity index (χ1) is 8.69. The number of rotatable bonds is 5. The minimum Gasteiger partial charge on any atom is -0.489 e. The lowest BCUT2D eigenvalue weighted by Gasteiger charge is -2.04. The van der Waals surface area contributed by atoms with E-state index in [4.69, 9.17) is 9.15 Å². The van der Waals surface area contributed by atoms with Crippen LogP contribution in [0.4, 0.5) is 4.39 Å². The van der Waals surface area contributed by atoms with Gasteiger partial charge in [0.05, 0.1) is 6.54 Å². The Hall–Kier alpha value is -1.81. The van der Waals surface area contributed by atoms with Gasteiger partial charge in [-0.1, -0.05) is 6.07 Å². The van der Waals surface area contributed by atoms with Crippen LogP contribution < -0.4 is 10.1 Å². The third-order valence-corrected chi connectivity index (χ3v) is 2.61. The van der Waals surface area contributed by atoms with Crippen molar-refractivity contribution in [3.8, 4) is 5.75 Å². The molecule has 1 N–H and O–H groups in total. The van der Waals surface area contributed by atoms with E-state index in [1.165, 1.54) is 12.1 Å². The third kappa shape index (κ3) is 3.11. The molecule has 1 heterocycles. The maximum Gasteiger partial charge on any atom is 0.126 e. The normalized spacial score (nSPS) is 10.6. The van der Waals surface area contributed by atoms with Gasteiger partial charge in [0.1, 0.15) is 29.7 Å². The van der Waals surface area contributed by atoms with E-state index in [1.807, 2.05) is 20.0 Å². The van der Waals surface area contributed by atoms with Crippen LogP contribution >= 0.6 is 0 Å². The highest BCUT2D eigenvalue weighted by molar-refractivity contribution is 5.25. The predicted molar refractivity (Wildman–Crippen MR) is 66.9 cm³/mol. The summed E-state index contributed by atoms with van der Waals surface area (Å²) in [5.74, 6) is 1.92. The molecule has 2 aromatic rings. The van der Waals surface area contributed by atoms with Crippen molar-refractivity contribution in [1.82, 2.24) is 5.32 Å². The van der Waals surface area contributed by atoms with Crippen LogP contribution in [0.15, 0.2) is 34.7 Å². The van der Waals surface area contributed by atoms with Crippen LogP contribution in [0.2, 0.25) is 0 Å². The average molecular weight is 249 g/mol. The molecule has 96 valence electrons. The molecule has 0 aliphatic heterocycles. The van der Waals surface area contributed by atoms with Crippen LogP contribution in [0.5, 0.6) is 5.75 Å². The van der Waals surface area contributed by atoms with Crippen molar-refractivity contribution >= 4 is 0 Å². The summed E-state index contributed by atoms with van der Waals surface area (Å²) in [4.78, 5) is 0. The SMILES string of the molecule is CNCc1cc(COc2cccc(F)c2)c(C)o1. The van der Waals surface area contributed by atoms with Crippen LogP contribution in [0, 0.1) is 12.7 Å². The molecule has 0 fully saturated rings. The second-order valence-corrected chi connectivity index (χ2v) is 4.07. The van der Waals surface area contributed by atoms with E-state index in [1.54, 1.807) is 12.1 Å². The van der Waals surface area contributed by atoms with Gasteiger partial charge < -0.3 is 14.5 Å². The molecule has 4 heteroatoms. The van der Waals surface area contributed by atoms with Gasteiger partial charge in [-0.15, -0.1) is 0 Å². The summed E-state index contributed by atoms with van der Waals surface area (Å²) in [6.45, 7) is 2.95. The van der Waals surface area contributed by atoms with E-state index in [2.05, 4.69) is 5.32 Å². The highest BCUT2D eigenvalue weighted by atomic mass is 19.1. The molecule has 0 aliphatic carbocycles. The average Bonchev–Trinajstić information content (AvgIpc) is 2.68. The van der Waals surface area contributed by atoms with Crippen molar-refractivity contribution in [3.63, 3.8) is 0 Å². The first-order valence-corrected chi connectivity index (χ1v) is 5.80. The number of hydrogen-bond acceptors (Lipinski definition) is 3. The number of ether oxygens (including phenoxy) is 1. The fourth-order valence-corrected chi connectivity index (χ4v) is 1.71. The zero-order valence-corrected chi connectivity index (χ0v) is 10.5. The van der Waals surface area contributed by atoms with Crippen molar-refractivity contribution in [3.05, 3.63) is 53.2 Å². The molecular formula is C14H16FNO2. The summed E-state index contributed by atoms with van der Waals surface area (Å²) >= 11 is 0. The van der Waals surface area contributed by atoms with Gasteiger partial charge in [-0.2, -0.15) is 0 Å². The molecule has 0 saturated carbocycles. The molecule has 0 radical (unpaired) electrons. The summed E-state index contributed by atoms with van der Waals surface area (Å²) in [6, 6.07) is 8.06. The molecule has 0 unspecified atom stereocenters. The van der Waals surface area contributed by atoms with Crippen molar-refractivity contribution in [2.45, 2.75) is 20.1 Å². The standard InChI is InChI=1S/C14H16FNO2/c1-10-11(6-14(18-10)8-16-2)9-17-13-5-3-4-12(15)7-13/h3-7,16H,8-9H2,1-2H3. The third-order valence-electron chi connectivity index (χ3n) is 2.61. The number of aryl methyl sites for hydroxylation is 1. The van der Waals surface area contributed by atoms with E-state index in [0.717, 1.165) is 17.1 Å². The topological polar surface area (TPSA) is 34.4 Å². The van der Waals surface area contributed by atoms with Gasteiger partial charge in [0.2, 0.25) is 0 Å². The number of nitrogens with one attached hydrogen (secondary N) is 1. The minimum absolute atomic E-state index is 0.299. The fraction of sp³-hybridized carbons (Fsp3) is 0.286. The predicted octanol–water partition coefficient (Wildman–Crippen LogP) is 3.03. The number of halogens is 1. The summed E-state index contributed by atoms with van der Waals surface area (Å²) in [7, 11) is 1.86. The Labute approximate surface area is 106 Å². The Morgan fingerprint density at radius 2 is 2.17 bits per heavy atom. The zero-order valence-electron chi connectivity index (χ0n) is 10.5. The van der Waals surface area contributed by atoms with Crippen molar-refractivity contribution in [2.24, 2.45) is 0 Å². The molecule has 0 spiro atoms. The fourth-order valence-electron chi connectivity index (χ4n) is 1.71. The Kier molecular flexibility index (Phi) is 3.99. The highest BCUT2D eigenvalue weighted by Crippen LogP contribution is 2.18. The van der Waals surface area contributed by atoms with Crippen molar-refractivity contribution < 1.29 is 13.5 Å². The van der Waals surface area contributed by atoms with Gasteiger partial charge in [0.15, 0.2) is 0 Å². The second-order valence-electron chi connectivity index (χ2n) is 4.07. The van der Waals surface area contributed by atoms with Gasteiger partial charge in [-0.05, 0) is 32.2 Å². The molecule has 0 saturated heterocycles. The monoisotopic (exact) mass is 249 g/mol. The van der Waals surface area contributed by atoms with Crippen LogP contribution in [-0.4, -0.2) is 7.05 Å². The summed E-state index contributed by atoms with van der Waals surface area (Å²) in [6.07, 6.45) is 0. The smallest absolute Gasteiger partial charge is 0.126 e. The van der Waals surface area contributed by atoms with E-state index >= 15 is 0 Å². The quantitative estimate of drug-likeness (QED) is 0.884. The molecule has 1 aromatic heterocycles. The molecule has 18 heavy (non-hydrogen) atoms. The van der Waals surface area contributed by atoms with Gasteiger partial charge in [0, 0.05) is 11.6 Å². The van der Waals surface area contributed by atoms with Gasteiger partial charge in [0.25, 0.3) is 0 Å². The van der Waals surface area contributed by atoms with Gasteiger partial charge in [-0.3, -0.25) is 0 Å². The lowest BCUT2D eigenvalue weighted by Crippen LogP contribution is -2.03. The summed E-state index contributed by atoms with van der Waals surface area (Å²) in [5, 5.41) is 3.02. The van der Waals surface area contributed by atoms with Crippen LogP contribution in [0.25, 0.3) is 0 Å². The van der Waals surface area contributed by atoms with Crippen LogP contribution in [-0.2, 0) is 13.2 Å². The van der Waals surface area contributed by atoms with Gasteiger partial charge >= 0.3 is 0 Å². The second kappa shape index (κ2) is 5.69. The number of furan rings is 1. The zero-order chi connectivity index (χ0) is 13.0.